The summed E-state index contributed by atoms with van der Waals surface area (Å²) in [5, 5.41) is 12.3. The van der Waals surface area contributed by atoms with E-state index in [1.165, 1.54) is 23.1 Å². The Balaban J connectivity index is 1.93. The van der Waals surface area contributed by atoms with E-state index in [1.807, 2.05) is 19.9 Å². The van der Waals surface area contributed by atoms with Crippen LogP contribution in [0.2, 0.25) is 5.02 Å². The number of amides is 1. The third-order valence-electron chi connectivity index (χ3n) is 3.00. The van der Waals surface area contributed by atoms with Gasteiger partial charge >= 0.3 is 5.97 Å². The van der Waals surface area contributed by atoms with E-state index in [4.69, 9.17) is 16.7 Å². The van der Waals surface area contributed by atoms with Crippen molar-refractivity contribution in [2.75, 3.05) is 5.75 Å². The molecule has 2 rings (SSSR count). The molecule has 2 N–H and O–H groups in total. The predicted molar refractivity (Wildman–Crippen MR) is 94.4 cm³/mol. The average Bonchev–Trinajstić information content (AvgIpc) is 2.85. The molecule has 2 aromatic rings. The third kappa shape index (κ3) is 5.37. The van der Waals surface area contributed by atoms with Crippen molar-refractivity contribution in [1.82, 2.24) is 10.3 Å². The second-order valence-corrected chi connectivity index (χ2v) is 8.16. The summed E-state index contributed by atoms with van der Waals surface area (Å²) in [6.45, 7) is 3.84. The normalized spacial score (nSPS) is 12.5. The maximum Gasteiger partial charge on any atom is 0.326 e. The number of nitrogens with zero attached hydrogens (tertiary/aromatic N) is 1. The fourth-order valence-electron chi connectivity index (χ4n) is 2.00. The zero-order chi connectivity index (χ0) is 17.0. The van der Waals surface area contributed by atoms with Gasteiger partial charge in [-0.1, -0.05) is 37.2 Å². The summed E-state index contributed by atoms with van der Waals surface area (Å²) >= 11 is 8.69. The van der Waals surface area contributed by atoms with E-state index < -0.39 is 12.0 Å². The highest BCUT2D eigenvalue weighted by molar-refractivity contribution is 8.01. The second kappa shape index (κ2) is 7.99. The molecule has 124 valence electrons. The highest BCUT2D eigenvalue weighted by Crippen LogP contribution is 2.30. The first-order chi connectivity index (χ1) is 10.8. The molecule has 0 spiro atoms. The number of hydrogen-bond acceptors (Lipinski definition) is 5. The number of carbonyl (C=O) groups is 2. The fraction of sp³-hybridized carbons (Fsp3) is 0.400. The smallest absolute Gasteiger partial charge is 0.326 e. The molecule has 23 heavy (non-hydrogen) atoms. The van der Waals surface area contributed by atoms with Crippen LogP contribution in [0.15, 0.2) is 22.5 Å². The molecule has 0 radical (unpaired) electrons. The zero-order valence-electron chi connectivity index (χ0n) is 12.7. The SMILES string of the molecule is CC(C)C[C@@H](NC(=O)CSc1nc2cc(Cl)ccc2s1)C(=O)O. The van der Waals surface area contributed by atoms with Crippen molar-refractivity contribution < 1.29 is 14.7 Å². The Hall–Kier alpha value is -1.31. The number of fused-ring (bicyclic) bond motifs is 1. The lowest BCUT2D eigenvalue weighted by Gasteiger charge is -2.16. The zero-order valence-corrected chi connectivity index (χ0v) is 15.1. The Morgan fingerprint density at radius 3 is 2.83 bits per heavy atom. The molecule has 0 aliphatic rings. The minimum absolute atomic E-state index is 0.134. The second-order valence-electron chi connectivity index (χ2n) is 5.47. The largest absolute Gasteiger partial charge is 0.480 e. The topological polar surface area (TPSA) is 79.3 Å². The van der Waals surface area contributed by atoms with Gasteiger partial charge in [-0.25, -0.2) is 9.78 Å². The van der Waals surface area contributed by atoms with Crippen LogP contribution in [0.3, 0.4) is 0 Å². The van der Waals surface area contributed by atoms with E-state index in [0.717, 1.165) is 14.6 Å². The third-order valence-corrected chi connectivity index (χ3v) is 5.41. The highest BCUT2D eigenvalue weighted by atomic mass is 35.5. The molecule has 0 unspecified atom stereocenters. The number of thiazole rings is 1. The Morgan fingerprint density at radius 2 is 2.17 bits per heavy atom. The predicted octanol–water partition coefficient (Wildman–Crippen LogP) is 3.66. The van der Waals surface area contributed by atoms with Gasteiger partial charge in [0.25, 0.3) is 0 Å². The standard InChI is InChI=1S/C15H17ClN2O3S2/c1-8(2)5-11(14(20)21)17-13(19)7-22-15-18-10-6-9(16)3-4-12(10)23-15/h3-4,6,8,11H,5,7H2,1-2H3,(H,17,19)(H,20,21)/t11-/m1/s1. The van der Waals surface area contributed by atoms with Crippen molar-refractivity contribution >= 4 is 56.8 Å². The number of thioether (sulfide) groups is 1. The van der Waals surface area contributed by atoms with Crippen LogP contribution < -0.4 is 5.32 Å². The van der Waals surface area contributed by atoms with E-state index >= 15 is 0 Å². The summed E-state index contributed by atoms with van der Waals surface area (Å²) in [7, 11) is 0. The van der Waals surface area contributed by atoms with Crippen LogP contribution >= 0.6 is 34.7 Å². The summed E-state index contributed by atoms with van der Waals surface area (Å²) in [6.07, 6.45) is 0.408. The molecular formula is C15H17ClN2O3S2. The summed E-state index contributed by atoms with van der Waals surface area (Å²) in [4.78, 5) is 27.5. The number of aromatic nitrogens is 1. The van der Waals surface area contributed by atoms with Crippen molar-refractivity contribution in [3.63, 3.8) is 0 Å². The van der Waals surface area contributed by atoms with Gasteiger partial charge < -0.3 is 10.4 Å². The first kappa shape index (κ1) is 18.0. The molecule has 1 amide bonds. The number of carboxylic acid groups (broad SMARTS) is 1. The van der Waals surface area contributed by atoms with Crippen molar-refractivity contribution in [1.29, 1.82) is 0 Å². The molecule has 0 bridgehead atoms. The van der Waals surface area contributed by atoms with Crippen molar-refractivity contribution in [2.45, 2.75) is 30.6 Å². The summed E-state index contributed by atoms with van der Waals surface area (Å²) in [5.41, 5.74) is 0.800. The maximum absolute atomic E-state index is 11.9. The van der Waals surface area contributed by atoms with Crippen molar-refractivity contribution in [2.24, 2.45) is 5.92 Å². The van der Waals surface area contributed by atoms with Gasteiger partial charge in [0, 0.05) is 5.02 Å². The van der Waals surface area contributed by atoms with Crippen LogP contribution in [0.1, 0.15) is 20.3 Å². The van der Waals surface area contributed by atoms with E-state index in [2.05, 4.69) is 10.3 Å². The Bertz CT molecular complexity index is 718. The quantitative estimate of drug-likeness (QED) is 0.725. The maximum atomic E-state index is 11.9. The van der Waals surface area contributed by atoms with E-state index in [1.54, 1.807) is 12.1 Å². The average molecular weight is 373 g/mol. The van der Waals surface area contributed by atoms with Gasteiger partial charge in [-0.05, 0) is 30.5 Å². The van der Waals surface area contributed by atoms with Crippen molar-refractivity contribution in [3.8, 4) is 0 Å². The number of rotatable bonds is 7. The number of aliphatic carboxylic acids is 1. The van der Waals surface area contributed by atoms with Crippen LogP contribution in [-0.2, 0) is 9.59 Å². The van der Waals surface area contributed by atoms with Gasteiger partial charge in [-0.3, -0.25) is 4.79 Å². The lowest BCUT2D eigenvalue weighted by Crippen LogP contribution is -2.42. The minimum Gasteiger partial charge on any atom is -0.480 e. The van der Waals surface area contributed by atoms with E-state index in [9.17, 15) is 9.59 Å². The number of halogens is 1. The molecule has 8 heteroatoms. The first-order valence-corrected chi connectivity index (χ1v) is 9.24. The lowest BCUT2D eigenvalue weighted by molar-refractivity contribution is -0.141. The molecule has 0 aliphatic carbocycles. The van der Waals surface area contributed by atoms with Crippen LogP contribution in [0.25, 0.3) is 10.2 Å². The molecule has 1 aromatic carbocycles. The van der Waals surface area contributed by atoms with Gasteiger partial charge in [-0.2, -0.15) is 0 Å². The summed E-state index contributed by atoms with van der Waals surface area (Å²) in [6, 6.07) is 4.62. The molecule has 1 aromatic heterocycles. The number of carboxylic acids is 1. The Labute approximate surface area is 147 Å². The molecule has 0 fully saturated rings. The minimum atomic E-state index is -1.01. The molecule has 0 saturated heterocycles. The molecule has 1 atom stereocenters. The van der Waals surface area contributed by atoms with E-state index in [0.29, 0.717) is 11.4 Å². The van der Waals surface area contributed by atoms with Crippen LogP contribution in [0, 0.1) is 5.92 Å². The fourth-order valence-corrected chi connectivity index (χ4v) is 4.02. The van der Waals surface area contributed by atoms with Gasteiger partial charge in [-0.15, -0.1) is 11.3 Å². The Kier molecular flexibility index (Phi) is 6.26. The Morgan fingerprint density at radius 1 is 1.43 bits per heavy atom. The molecular weight excluding hydrogens is 356 g/mol. The molecule has 0 saturated carbocycles. The first-order valence-electron chi connectivity index (χ1n) is 7.06. The van der Waals surface area contributed by atoms with Crippen LogP contribution in [0.4, 0.5) is 0 Å². The van der Waals surface area contributed by atoms with Crippen molar-refractivity contribution in [3.05, 3.63) is 23.2 Å². The summed E-state index contributed by atoms with van der Waals surface area (Å²) < 4.78 is 1.76. The number of benzene rings is 1. The lowest BCUT2D eigenvalue weighted by atomic mass is 10.0. The number of hydrogen-bond donors (Lipinski definition) is 2. The molecule has 1 heterocycles. The summed E-state index contributed by atoms with van der Waals surface area (Å²) in [5.74, 6) is -0.986. The molecule has 0 aliphatic heterocycles. The number of carbonyl (C=O) groups excluding carboxylic acids is 1. The van der Waals surface area contributed by atoms with Gasteiger partial charge in [0.15, 0.2) is 4.34 Å². The monoisotopic (exact) mass is 372 g/mol. The molecule has 5 nitrogen and oxygen atoms in total. The van der Waals surface area contributed by atoms with Gasteiger partial charge in [0.05, 0.1) is 16.0 Å². The van der Waals surface area contributed by atoms with E-state index in [-0.39, 0.29) is 17.6 Å². The van der Waals surface area contributed by atoms with Crippen LogP contribution in [0.5, 0.6) is 0 Å². The number of nitrogens with one attached hydrogen (secondary N) is 1. The van der Waals surface area contributed by atoms with Crippen LogP contribution in [-0.4, -0.2) is 33.8 Å². The highest BCUT2D eigenvalue weighted by Gasteiger charge is 2.21. The van der Waals surface area contributed by atoms with Gasteiger partial charge in [0.1, 0.15) is 6.04 Å². The van der Waals surface area contributed by atoms with Gasteiger partial charge in [0.2, 0.25) is 5.91 Å².